The van der Waals surface area contributed by atoms with Crippen LogP contribution in [0, 0.1) is 0 Å². The quantitative estimate of drug-likeness (QED) is 0.675. The van der Waals surface area contributed by atoms with Gasteiger partial charge in [-0.15, -0.1) is 0 Å². The smallest absolute Gasteiger partial charge is 0.249 e. The zero-order valence-corrected chi connectivity index (χ0v) is 10.1. The Labute approximate surface area is 96.7 Å². The lowest BCUT2D eigenvalue weighted by atomic mass is 10.2. The fourth-order valence-corrected chi connectivity index (χ4v) is 1.77. The van der Waals surface area contributed by atoms with Gasteiger partial charge >= 0.3 is 0 Å². The summed E-state index contributed by atoms with van der Waals surface area (Å²) in [6.07, 6.45) is 1.38. The van der Waals surface area contributed by atoms with E-state index in [1.54, 1.807) is 0 Å². The van der Waals surface area contributed by atoms with E-state index < -0.39 is 0 Å². The van der Waals surface area contributed by atoms with E-state index in [-0.39, 0.29) is 24.2 Å². The van der Waals surface area contributed by atoms with Crippen molar-refractivity contribution >= 4 is 5.91 Å². The van der Waals surface area contributed by atoms with Crippen LogP contribution in [0.5, 0.6) is 0 Å². The van der Waals surface area contributed by atoms with Crippen LogP contribution in [0.25, 0.3) is 0 Å². The number of rotatable bonds is 6. The Hall–Kier alpha value is -0.650. The number of nitrogens with one attached hydrogen (secondary N) is 1. The largest absolute Gasteiger partial charge is 0.377 e. The van der Waals surface area contributed by atoms with Crippen LogP contribution in [0.4, 0.5) is 0 Å². The average molecular weight is 230 g/mol. The van der Waals surface area contributed by atoms with Crippen LogP contribution >= 0.6 is 0 Å². The summed E-state index contributed by atoms with van der Waals surface area (Å²) in [6.45, 7) is 5.54. The van der Waals surface area contributed by atoms with Crippen LogP contribution in [0.3, 0.4) is 0 Å². The highest BCUT2D eigenvalue weighted by Gasteiger charge is 2.29. The van der Waals surface area contributed by atoms with Gasteiger partial charge in [-0.05, 0) is 26.7 Å². The number of hydrogen-bond acceptors (Lipinski definition) is 4. The molecule has 0 aromatic carbocycles. The molecule has 1 amide bonds. The number of ether oxygens (including phenoxy) is 2. The maximum Gasteiger partial charge on any atom is 0.249 e. The van der Waals surface area contributed by atoms with Gasteiger partial charge in [0.15, 0.2) is 0 Å². The zero-order valence-electron chi connectivity index (χ0n) is 10.1. The SMILES string of the molecule is CCOC(C)CNC(=O)C1CCC(CN)O1. The fraction of sp³-hybridized carbons (Fsp3) is 0.909. The molecule has 1 aliphatic heterocycles. The molecule has 1 aliphatic rings. The van der Waals surface area contributed by atoms with Crippen LogP contribution in [-0.4, -0.2) is 43.9 Å². The molecule has 3 unspecified atom stereocenters. The molecule has 5 nitrogen and oxygen atoms in total. The predicted octanol–water partition coefficient (Wildman–Crippen LogP) is 0.0339. The van der Waals surface area contributed by atoms with Crippen molar-refractivity contribution < 1.29 is 14.3 Å². The number of carbonyl (C=O) groups excluding carboxylic acids is 1. The van der Waals surface area contributed by atoms with Crippen molar-refractivity contribution in [1.29, 1.82) is 0 Å². The van der Waals surface area contributed by atoms with Gasteiger partial charge in [0, 0.05) is 19.7 Å². The number of hydrogen-bond donors (Lipinski definition) is 2. The van der Waals surface area contributed by atoms with E-state index in [4.69, 9.17) is 15.2 Å². The minimum Gasteiger partial charge on any atom is -0.377 e. The third kappa shape index (κ3) is 4.08. The molecule has 0 aromatic rings. The average Bonchev–Trinajstić information content (AvgIpc) is 2.75. The van der Waals surface area contributed by atoms with Crippen molar-refractivity contribution in [2.75, 3.05) is 19.7 Å². The molecule has 1 fully saturated rings. The molecule has 5 heteroatoms. The third-order valence-corrected chi connectivity index (χ3v) is 2.68. The van der Waals surface area contributed by atoms with E-state index in [1.807, 2.05) is 13.8 Å². The van der Waals surface area contributed by atoms with E-state index in [0.29, 0.717) is 19.7 Å². The van der Waals surface area contributed by atoms with Gasteiger partial charge in [-0.25, -0.2) is 0 Å². The molecule has 0 spiro atoms. The Bertz CT molecular complexity index is 223. The summed E-state index contributed by atoms with van der Waals surface area (Å²) < 4.78 is 10.8. The normalized spacial score (nSPS) is 26.7. The molecule has 0 saturated carbocycles. The molecule has 0 aliphatic carbocycles. The van der Waals surface area contributed by atoms with Gasteiger partial charge in [0.25, 0.3) is 0 Å². The summed E-state index contributed by atoms with van der Waals surface area (Å²) in [5.41, 5.74) is 5.48. The van der Waals surface area contributed by atoms with E-state index in [2.05, 4.69) is 5.32 Å². The summed E-state index contributed by atoms with van der Waals surface area (Å²) >= 11 is 0. The van der Waals surface area contributed by atoms with Gasteiger partial charge in [-0.3, -0.25) is 4.79 Å². The van der Waals surface area contributed by atoms with Gasteiger partial charge in [0.2, 0.25) is 5.91 Å². The standard InChI is InChI=1S/C11H22N2O3/c1-3-15-8(2)7-13-11(14)10-5-4-9(6-12)16-10/h8-10H,3-7,12H2,1-2H3,(H,13,14). The summed E-state index contributed by atoms with van der Waals surface area (Å²) in [6, 6.07) is 0. The highest BCUT2D eigenvalue weighted by Crippen LogP contribution is 2.18. The zero-order chi connectivity index (χ0) is 12.0. The second-order valence-corrected chi connectivity index (χ2v) is 4.07. The lowest BCUT2D eigenvalue weighted by Crippen LogP contribution is -2.39. The first-order chi connectivity index (χ1) is 7.67. The fourth-order valence-electron chi connectivity index (χ4n) is 1.77. The number of nitrogens with two attached hydrogens (primary N) is 1. The van der Waals surface area contributed by atoms with Crippen molar-refractivity contribution in [3.8, 4) is 0 Å². The molecule has 1 heterocycles. The molecule has 1 rings (SSSR count). The lowest BCUT2D eigenvalue weighted by molar-refractivity contribution is -0.132. The molecular weight excluding hydrogens is 208 g/mol. The molecule has 0 aromatic heterocycles. The van der Waals surface area contributed by atoms with E-state index in [9.17, 15) is 4.79 Å². The minimum atomic E-state index is -0.331. The number of amides is 1. The summed E-state index contributed by atoms with van der Waals surface area (Å²) in [5, 5.41) is 2.82. The van der Waals surface area contributed by atoms with Crippen LogP contribution in [0.15, 0.2) is 0 Å². The first-order valence-electron chi connectivity index (χ1n) is 5.92. The second-order valence-electron chi connectivity index (χ2n) is 4.07. The Morgan fingerprint density at radius 2 is 2.38 bits per heavy atom. The topological polar surface area (TPSA) is 73.6 Å². The van der Waals surface area contributed by atoms with Gasteiger partial charge < -0.3 is 20.5 Å². The molecule has 0 bridgehead atoms. The van der Waals surface area contributed by atoms with Crippen molar-refractivity contribution in [3.63, 3.8) is 0 Å². The molecule has 3 atom stereocenters. The monoisotopic (exact) mass is 230 g/mol. The van der Waals surface area contributed by atoms with Crippen molar-refractivity contribution in [2.45, 2.75) is 45.0 Å². The van der Waals surface area contributed by atoms with Crippen molar-refractivity contribution in [3.05, 3.63) is 0 Å². The Morgan fingerprint density at radius 1 is 1.62 bits per heavy atom. The highest BCUT2D eigenvalue weighted by atomic mass is 16.5. The van der Waals surface area contributed by atoms with Crippen LogP contribution in [-0.2, 0) is 14.3 Å². The van der Waals surface area contributed by atoms with Gasteiger partial charge in [0.1, 0.15) is 6.10 Å². The summed E-state index contributed by atoms with van der Waals surface area (Å²) in [7, 11) is 0. The summed E-state index contributed by atoms with van der Waals surface area (Å²) in [5.74, 6) is -0.0532. The minimum absolute atomic E-state index is 0.0417. The molecular formula is C11H22N2O3. The van der Waals surface area contributed by atoms with E-state index in [1.165, 1.54) is 0 Å². The van der Waals surface area contributed by atoms with Gasteiger partial charge in [0.05, 0.1) is 12.2 Å². The van der Waals surface area contributed by atoms with Gasteiger partial charge in [-0.2, -0.15) is 0 Å². The third-order valence-electron chi connectivity index (χ3n) is 2.68. The van der Waals surface area contributed by atoms with Crippen molar-refractivity contribution in [2.24, 2.45) is 5.73 Å². The highest BCUT2D eigenvalue weighted by molar-refractivity contribution is 5.81. The Balaban J connectivity index is 2.20. The van der Waals surface area contributed by atoms with Crippen LogP contribution < -0.4 is 11.1 Å². The Morgan fingerprint density at radius 3 is 2.94 bits per heavy atom. The van der Waals surface area contributed by atoms with Crippen LogP contribution in [0.1, 0.15) is 26.7 Å². The predicted molar refractivity (Wildman–Crippen MR) is 61.0 cm³/mol. The van der Waals surface area contributed by atoms with E-state index >= 15 is 0 Å². The maximum atomic E-state index is 11.7. The molecule has 94 valence electrons. The number of carbonyl (C=O) groups is 1. The lowest BCUT2D eigenvalue weighted by Gasteiger charge is -2.15. The summed E-state index contributed by atoms with van der Waals surface area (Å²) in [4.78, 5) is 11.7. The second kappa shape index (κ2) is 6.83. The first-order valence-corrected chi connectivity index (χ1v) is 5.92. The van der Waals surface area contributed by atoms with Gasteiger partial charge in [-0.1, -0.05) is 0 Å². The molecule has 16 heavy (non-hydrogen) atoms. The maximum absolute atomic E-state index is 11.7. The van der Waals surface area contributed by atoms with Crippen molar-refractivity contribution in [1.82, 2.24) is 5.32 Å². The molecule has 3 N–H and O–H groups in total. The molecule has 1 saturated heterocycles. The Kier molecular flexibility index (Phi) is 5.73. The van der Waals surface area contributed by atoms with E-state index in [0.717, 1.165) is 12.8 Å². The first kappa shape index (κ1) is 13.4. The van der Waals surface area contributed by atoms with Crippen LogP contribution in [0.2, 0.25) is 0 Å². The molecule has 0 radical (unpaired) electrons.